The molecule has 8 nitrogen and oxygen atoms in total. The first-order chi connectivity index (χ1) is 15.4. The Hall–Kier alpha value is -3.33. The van der Waals surface area contributed by atoms with Crippen LogP contribution < -0.4 is 20.3 Å². The molecule has 3 aromatic rings. The maximum atomic E-state index is 12.9. The van der Waals surface area contributed by atoms with Crippen LogP contribution in [0, 0.1) is 6.92 Å². The summed E-state index contributed by atoms with van der Waals surface area (Å²) in [5.41, 5.74) is 8.11. The van der Waals surface area contributed by atoms with Gasteiger partial charge in [-0.15, -0.1) is 0 Å². The summed E-state index contributed by atoms with van der Waals surface area (Å²) in [5.74, 6) is 1.26. The zero-order valence-corrected chi connectivity index (χ0v) is 19.0. The molecule has 2 N–H and O–H groups in total. The number of nitrogen functional groups attached to an aromatic ring is 1. The predicted molar refractivity (Wildman–Crippen MR) is 125 cm³/mol. The highest BCUT2D eigenvalue weighted by molar-refractivity contribution is 7.91. The van der Waals surface area contributed by atoms with Gasteiger partial charge in [0.1, 0.15) is 16.5 Å². The van der Waals surface area contributed by atoms with Crippen LogP contribution in [-0.4, -0.2) is 51.2 Å². The number of nitrogens with two attached hydrogens (primary N) is 1. The number of ether oxygens (including phenoxy) is 1. The number of piperazine rings is 1. The monoisotopic (exact) mass is 453 g/mol. The van der Waals surface area contributed by atoms with Gasteiger partial charge in [0, 0.05) is 26.2 Å². The summed E-state index contributed by atoms with van der Waals surface area (Å²) in [5, 5.41) is 0. The summed E-state index contributed by atoms with van der Waals surface area (Å²) in [6, 6.07) is 14.6. The third-order valence-corrected chi connectivity index (χ3v) is 7.25. The minimum Gasteiger partial charge on any atom is -0.492 e. The minimum atomic E-state index is -3.78. The lowest BCUT2D eigenvalue weighted by Gasteiger charge is -2.36. The Kier molecular flexibility index (Phi) is 6.18. The summed E-state index contributed by atoms with van der Waals surface area (Å²) in [6.45, 7) is 7.38. The lowest BCUT2D eigenvalue weighted by atomic mass is 10.2. The molecule has 168 valence electrons. The molecule has 9 heteroatoms. The number of aryl methyl sites for hydroxylation is 1. The van der Waals surface area contributed by atoms with Crippen molar-refractivity contribution in [3.8, 4) is 5.75 Å². The van der Waals surface area contributed by atoms with E-state index < -0.39 is 9.84 Å². The van der Waals surface area contributed by atoms with Crippen LogP contribution in [-0.2, 0) is 9.84 Å². The van der Waals surface area contributed by atoms with Gasteiger partial charge in [0.05, 0.1) is 23.4 Å². The second kappa shape index (κ2) is 9.04. The molecule has 1 aromatic heterocycles. The molecule has 1 aliphatic heterocycles. The van der Waals surface area contributed by atoms with E-state index in [1.54, 1.807) is 24.3 Å². The number of sulfone groups is 1. The molecular weight excluding hydrogens is 426 g/mol. The van der Waals surface area contributed by atoms with E-state index in [1.807, 2.05) is 36.9 Å². The van der Waals surface area contributed by atoms with Gasteiger partial charge < -0.3 is 20.3 Å². The first-order valence-electron chi connectivity index (χ1n) is 10.6. The highest BCUT2D eigenvalue weighted by Gasteiger charge is 2.25. The van der Waals surface area contributed by atoms with Gasteiger partial charge in [-0.3, -0.25) is 0 Å². The van der Waals surface area contributed by atoms with Gasteiger partial charge in [-0.1, -0.05) is 29.8 Å². The fraction of sp³-hybridized carbons (Fsp3) is 0.304. The number of para-hydroxylation sites is 2. The molecule has 4 rings (SSSR count). The van der Waals surface area contributed by atoms with Crippen LogP contribution in [0.25, 0.3) is 0 Å². The van der Waals surface area contributed by atoms with Crippen LogP contribution >= 0.6 is 0 Å². The second-order valence-corrected chi connectivity index (χ2v) is 9.53. The van der Waals surface area contributed by atoms with E-state index in [4.69, 9.17) is 10.5 Å². The Balaban J connectivity index is 1.50. The molecule has 0 radical (unpaired) electrons. The molecule has 2 heterocycles. The van der Waals surface area contributed by atoms with E-state index in [1.165, 1.54) is 6.20 Å². The molecule has 32 heavy (non-hydrogen) atoms. The van der Waals surface area contributed by atoms with Crippen LogP contribution in [0.4, 0.5) is 17.5 Å². The van der Waals surface area contributed by atoms with Gasteiger partial charge in [-0.05, 0) is 38.1 Å². The maximum absolute atomic E-state index is 12.9. The molecule has 0 spiro atoms. The average Bonchev–Trinajstić information content (AvgIpc) is 2.80. The number of rotatable bonds is 6. The lowest BCUT2D eigenvalue weighted by Crippen LogP contribution is -2.47. The zero-order valence-electron chi connectivity index (χ0n) is 18.2. The van der Waals surface area contributed by atoms with Crippen LogP contribution in [0.2, 0.25) is 0 Å². The van der Waals surface area contributed by atoms with Crippen molar-refractivity contribution in [2.24, 2.45) is 0 Å². The van der Waals surface area contributed by atoms with Gasteiger partial charge in [0.2, 0.25) is 15.8 Å². The molecule has 0 bridgehead atoms. The van der Waals surface area contributed by atoms with Crippen molar-refractivity contribution in [1.82, 2.24) is 9.97 Å². The molecule has 0 unspecified atom stereocenters. The normalized spacial score (nSPS) is 14.4. The smallest absolute Gasteiger partial charge is 0.227 e. The molecule has 1 saturated heterocycles. The average molecular weight is 454 g/mol. The predicted octanol–water partition coefficient (Wildman–Crippen LogP) is 2.93. The van der Waals surface area contributed by atoms with E-state index >= 15 is 0 Å². The van der Waals surface area contributed by atoms with Crippen molar-refractivity contribution in [2.75, 3.05) is 48.3 Å². The van der Waals surface area contributed by atoms with E-state index in [2.05, 4.69) is 20.9 Å². The van der Waals surface area contributed by atoms with Crippen molar-refractivity contribution in [1.29, 1.82) is 0 Å². The van der Waals surface area contributed by atoms with Crippen LogP contribution in [0.3, 0.4) is 0 Å². The van der Waals surface area contributed by atoms with Gasteiger partial charge in [-0.25, -0.2) is 13.4 Å². The third-order valence-electron chi connectivity index (χ3n) is 5.46. The fourth-order valence-electron chi connectivity index (χ4n) is 3.72. The fourth-order valence-corrected chi connectivity index (χ4v) is 4.98. The molecule has 0 aliphatic carbocycles. The SMILES string of the molecule is CCOc1ccccc1N1CCN(c2ncc(S(=O)(=O)c3ccc(C)cc3)c(N)n2)CC1. The summed E-state index contributed by atoms with van der Waals surface area (Å²) in [4.78, 5) is 13.0. The quantitative estimate of drug-likeness (QED) is 0.608. The van der Waals surface area contributed by atoms with Gasteiger partial charge in [0.15, 0.2) is 0 Å². The first kappa shape index (κ1) is 21.9. The first-order valence-corrected chi connectivity index (χ1v) is 12.0. The Morgan fingerprint density at radius 2 is 1.66 bits per heavy atom. The summed E-state index contributed by atoms with van der Waals surface area (Å²) >= 11 is 0. The molecular formula is C23H27N5O3S. The molecule has 2 aromatic carbocycles. The van der Waals surface area contributed by atoms with E-state index in [0.29, 0.717) is 25.6 Å². The van der Waals surface area contributed by atoms with Crippen molar-refractivity contribution < 1.29 is 13.2 Å². The summed E-state index contributed by atoms with van der Waals surface area (Å²) in [6.07, 6.45) is 1.31. The van der Waals surface area contributed by atoms with Crippen molar-refractivity contribution >= 4 is 27.3 Å². The van der Waals surface area contributed by atoms with E-state index in [9.17, 15) is 8.42 Å². The highest BCUT2D eigenvalue weighted by atomic mass is 32.2. The highest BCUT2D eigenvalue weighted by Crippen LogP contribution is 2.30. The maximum Gasteiger partial charge on any atom is 0.227 e. The second-order valence-electron chi connectivity index (χ2n) is 7.61. The lowest BCUT2D eigenvalue weighted by molar-refractivity contribution is 0.340. The Bertz CT molecular complexity index is 1190. The van der Waals surface area contributed by atoms with Gasteiger partial charge in [0.25, 0.3) is 0 Å². The molecule has 0 saturated carbocycles. The number of benzene rings is 2. The Labute approximate surface area is 188 Å². The number of nitrogens with zero attached hydrogens (tertiary/aromatic N) is 4. The van der Waals surface area contributed by atoms with E-state index in [-0.39, 0.29) is 15.6 Å². The number of hydrogen-bond acceptors (Lipinski definition) is 8. The standard InChI is InChI=1S/C23H27N5O3S/c1-3-31-20-7-5-4-6-19(20)27-12-14-28(15-13-27)23-25-16-21(22(24)26-23)32(29,30)18-10-8-17(2)9-11-18/h4-11,16H,3,12-15H2,1-2H3,(H2,24,25,26). The van der Waals surface area contributed by atoms with Gasteiger partial charge in [-0.2, -0.15) is 4.98 Å². The number of anilines is 3. The molecule has 0 amide bonds. The topological polar surface area (TPSA) is 102 Å². The Morgan fingerprint density at radius 1 is 1.00 bits per heavy atom. The van der Waals surface area contributed by atoms with Crippen LogP contribution in [0.5, 0.6) is 5.75 Å². The minimum absolute atomic E-state index is 0.0419. The number of aromatic nitrogens is 2. The van der Waals surface area contributed by atoms with Crippen LogP contribution in [0.1, 0.15) is 12.5 Å². The van der Waals surface area contributed by atoms with Crippen LogP contribution in [0.15, 0.2) is 64.5 Å². The molecule has 0 atom stereocenters. The van der Waals surface area contributed by atoms with E-state index in [0.717, 1.165) is 30.1 Å². The number of hydrogen-bond donors (Lipinski definition) is 1. The largest absolute Gasteiger partial charge is 0.492 e. The van der Waals surface area contributed by atoms with Crippen molar-refractivity contribution in [2.45, 2.75) is 23.6 Å². The summed E-state index contributed by atoms with van der Waals surface area (Å²) in [7, 11) is -3.78. The molecule has 1 fully saturated rings. The van der Waals surface area contributed by atoms with Gasteiger partial charge >= 0.3 is 0 Å². The molecule has 1 aliphatic rings. The Morgan fingerprint density at radius 3 is 2.31 bits per heavy atom. The third kappa shape index (κ3) is 4.34. The van der Waals surface area contributed by atoms with Crippen molar-refractivity contribution in [3.63, 3.8) is 0 Å². The summed E-state index contributed by atoms with van der Waals surface area (Å²) < 4.78 is 31.6. The zero-order chi connectivity index (χ0) is 22.7. The van der Waals surface area contributed by atoms with Crippen molar-refractivity contribution in [3.05, 3.63) is 60.3 Å².